The molecule has 3 rings (SSSR count). The minimum absolute atomic E-state index is 0.00678. The van der Waals surface area contributed by atoms with E-state index in [1.165, 1.54) is 12.1 Å². The van der Waals surface area contributed by atoms with Gasteiger partial charge in [0.25, 0.3) is 0 Å². The van der Waals surface area contributed by atoms with Crippen molar-refractivity contribution >= 4 is 65.0 Å². The molecule has 2 aliphatic heterocycles. The Kier molecular flexibility index (Phi) is 23.0. The molecule has 25 heteroatoms. The smallest absolute Gasteiger partial charge is 0.245 e. The Hall–Kier alpha value is -7.31. The number of unbranched alkanes of at least 4 members (excludes halogenated alkanes) is 1. The van der Waals surface area contributed by atoms with E-state index in [2.05, 4.69) is 49.1 Å². The standard InChI is InChI=1S/C45H69N13O12/c1-4-24(2)39-44(69)55-29(14-16-34(47)60)41(66)57-32(21-35(48)61)42(67)56-30(15-17-37(63)50-23-38(64)53-31(25(3)52-39)20-26-10-12-27(59)13-11-26)45(70)58-19-7-9-33(58)43(68)54-28(8-5-6-18-46)40(65)51-22-36(49)62/h10-13,24,28-33,39,52,59H,3-9,14-23,46H2,1-2H3,(H2,47,60)(H2,48,61)(H2,49,62)(H,50,63)(H,51,65)(H,53,64)(H,54,68)(H,55,69)(H,56,67)(H,57,66)/t24-,28-,29-,30-,31-,32-,33?,39-/m0/s1. The van der Waals surface area contributed by atoms with Crippen molar-refractivity contribution in [1.82, 2.24) is 47.4 Å². The van der Waals surface area contributed by atoms with Crippen LogP contribution in [0.25, 0.3) is 0 Å². The van der Waals surface area contributed by atoms with Crippen LogP contribution >= 0.6 is 0 Å². The Morgan fingerprint density at radius 2 is 1.50 bits per heavy atom. The second-order valence-electron chi connectivity index (χ2n) is 17.4. The SMILES string of the molecule is C=C1N[C@@H]([C@@H](C)CC)C(=O)N[C@@H](CCC(N)=O)C(=O)N[C@@H](CC(N)=O)C(=O)N[C@H](C(=O)N2CCCC2C(=O)N[C@@H](CCCCN)C(=O)NCC(N)=O)CCC(=O)NCC(=O)N[C@H]1Cc1ccc(O)cc1. The number of phenolic OH excluding ortho intramolecular Hbond substituents is 1. The summed E-state index contributed by atoms with van der Waals surface area (Å²) < 4.78 is 0. The molecule has 8 atom stereocenters. The molecule has 2 aliphatic rings. The molecule has 2 fully saturated rings. The van der Waals surface area contributed by atoms with Crippen LogP contribution in [0.5, 0.6) is 5.75 Å². The van der Waals surface area contributed by atoms with E-state index in [9.17, 15) is 57.8 Å². The first-order valence-corrected chi connectivity index (χ1v) is 23.3. The molecule has 0 bridgehead atoms. The number of likely N-dealkylation sites (tertiary alicyclic amines) is 1. The third-order valence-electron chi connectivity index (χ3n) is 11.9. The van der Waals surface area contributed by atoms with Crippen LogP contribution < -0.4 is 65.5 Å². The Labute approximate surface area is 405 Å². The Morgan fingerprint density at radius 1 is 0.829 bits per heavy atom. The van der Waals surface area contributed by atoms with E-state index in [1.54, 1.807) is 26.0 Å². The lowest BCUT2D eigenvalue weighted by Crippen LogP contribution is -2.60. The summed E-state index contributed by atoms with van der Waals surface area (Å²) in [7, 11) is 0. The highest BCUT2D eigenvalue weighted by atomic mass is 16.3. The predicted octanol–water partition coefficient (Wildman–Crippen LogP) is -4.35. The number of carbonyl (C=O) groups excluding carboxylic acids is 11. The molecule has 2 heterocycles. The fraction of sp³-hybridized carbons (Fsp3) is 0.578. The molecule has 0 saturated carbocycles. The highest BCUT2D eigenvalue weighted by Gasteiger charge is 2.40. The Balaban J connectivity index is 2.05. The van der Waals surface area contributed by atoms with Crippen molar-refractivity contribution in [3.05, 3.63) is 42.1 Å². The summed E-state index contributed by atoms with van der Waals surface area (Å²) in [6, 6.07) is -3.18. The molecule has 0 radical (unpaired) electrons. The van der Waals surface area contributed by atoms with E-state index in [4.69, 9.17) is 22.9 Å². The third kappa shape index (κ3) is 18.6. The zero-order chi connectivity index (χ0) is 52.1. The van der Waals surface area contributed by atoms with Gasteiger partial charge in [-0.25, -0.2) is 0 Å². The third-order valence-corrected chi connectivity index (χ3v) is 11.9. The number of carbonyl (C=O) groups is 11. The predicted molar refractivity (Wildman–Crippen MR) is 251 cm³/mol. The number of hydrogen-bond acceptors (Lipinski definition) is 14. The van der Waals surface area contributed by atoms with Gasteiger partial charge in [0, 0.05) is 25.1 Å². The average molecular weight is 984 g/mol. The molecule has 0 aliphatic carbocycles. The van der Waals surface area contributed by atoms with E-state index in [0.29, 0.717) is 37.8 Å². The van der Waals surface area contributed by atoms with E-state index >= 15 is 0 Å². The Morgan fingerprint density at radius 3 is 2.13 bits per heavy atom. The van der Waals surface area contributed by atoms with Crippen molar-refractivity contribution in [1.29, 1.82) is 0 Å². The monoisotopic (exact) mass is 984 g/mol. The van der Waals surface area contributed by atoms with Gasteiger partial charge in [0.1, 0.15) is 42.0 Å². The molecule has 2 saturated heterocycles. The number of phenols is 1. The van der Waals surface area contributed by atoms with Gasteiger partial charge in [0.2, 0.25) is 65.0 Å². The van der Waals surface area contributed by atoms with Crippen molar-refractivity contribution in [3.8, 4) is 5.75 Å². The van der Waals surface area contributed by atoms with Crippen molar-refractivity contribution in [2.45, 2.75) is 133 Å². The summed E-state index contributed by atoms with van der Waals surface area (Å²) in [6.07, 6.45) is -0.490. The lowest BCUT2D eigenvalue weighted by Gasteiger charge is -2.32. The fourth-order valence-electron chi connectivity index (χ4n) is 7.78. The molecule has 1 unspecified atom stereocenters. The van der Waals surface area contributed by atoms with Gasteiger partial charge in [-0.15, -0.1) is 0 Å². The van der Waals surface area contributed by atoms with Gasteiger partial charge in [-0.05, 0) is 81.5 Å². The van der Waals surface area contributed by atoms with E-state index in [-0.39, 0.29) is 43.7 Å². The molecule has 70 heavy (non-hydrogen) atoms. The lowest BCUT2D eigenvalue weighted by molar-refractivity contribution is -0.143. The van der Waals surface area contributed by atoms with Crippen LogP contribution in [0.1, 0.15) is 90.0 Å². The minimum Gasteiger partial charge on any atom is -0.508 e. The van der Waals surface area contributed by atoms with Crippen LogP contribution in [0.2, 0.25) is 0 Å². The summed E-state index contributed by atoms with van der Waals surface area (Å²) in [6.45, 7) is 6.88. The van der Waals surface area contributed by atoms with Gasteiger partial charge in [-0.1, -0.05) is 39.0 Å². The second-order valence-corrected chi connectivity index (χ2v) is 17.4. The van der Waals surface area contributed by atoms with Gasteiger partial charge in [-0.2, -0.15) is 0 Å². The molecule has 1 aromatic rings. The molecule has 17 N–H and O–H groups in total. The number of hydrogen-bond donors (Lipinski definition) is 13. The number of rotatable bonds is 19. The zero-order valence-electron chi connectivity index (χ0n) is 39.6. The van der Waals surface area contributed by atoms with Crippen molar-refractivity contribution in [2.75, 3.05) is 26.2 Å². The fourth-order valence-corrected chi connectivity index (χ4v) is 7.78. The normalized spacial score (nSPS) is 22.9. The average Bonchev–Trinajstić information content (AvgIpc) is 3.81. The maximum Gasteiger partial charge on any atom is 0.245 e. The Bertz CT molecular complexity index is 2090. The molecular weight excluding hydrogens is 915 g/mol. The number of aromatic hydroxyl groups is 1. The molecular formula is C45H69N13O12. The quantitative estimate of drug-likeness (QED) is 0.0583. The van der Waals surface area contributed by atoms with E-state index in [0.717, 1.165) is 4.90 Å². The van der Waals surface area contributed by atoms with Gasteiger partial charge in [0.15, 0.2) is 0 Å². The van der Waals surface area contributed by atoms with Gasteiger partial charge in [0.05, 0.1) is 25.6 Å². The number of nitrogens with one attached hydrogen (secondary N) is 8. The first-order chi connectivity index (χ1) is 33.1. The first kappa shape index (κ1) is 57.0. The van der Waals surface area contributed by atoms with Crippen molar-refractivity contribution in [2.24, 2.45) is 28.9 Å². The molecule has 1 aromatic carbocycles. The maximum absolute atomic E-state index is 14.5. The van der Waals surface area contributed by atoms with Crippen molar-refractivity contribution < 1.29 is 57.8 Å². The van der Waals surface area contributed by atoms with E-state index in [1.807, 2.05) is 0 Å². The number of benzene rings is 1. The maximum atomic E-state index is 14.5. The van der Waals surface area contributed by atoms with Crippen LogP contribution in [0.4, 0.5) is 0 Å². The van der Waals surface area contributed by atoms with Gasteiger partial charge < -0.3 is 75.5 Å². The summed E-state index contributed by atoms with van der Waals surface area (Å²) in [5.74, 6) is -9.80. The summed E-state index contributed by atoms with van der Waals surface area (Å²) in [5.41, 5.74) is 22.5. The van der Waals surface area contributed by atoms with Gasteiger partial charge >= 0.3 is 0 Å². The topological polar surface area (TPSA) is 412 Å². The van der Waals surface area contributed by atoms with Crippen LogP contribution in [-0.2, 0) is 59.2 Å². The van der Waals surface area contributed by atoms with Crippen LogP contribution in [0, 0.1) is 5.92 Å². The molecule has 0 spiro atoms. The highest BCUT2D eigenvalue weighted by molar-refractivity contribution is 5.99. The minimum atomic E-state index is -1.79. The van der Waals surface area contributed by atoms with Gasteiger partial charge in [-0.3, -0.25) is 52.7 Å². The molecule has 0 aromatic heterocycles. The van der Waals surface area contributed by atoms with Crippen LogP contribution in [0.15, 0.2) is 36.5 Å². The second kappa shape index (κ2) is 28.2. The molecule has 11 amide bonds. The number of nitrogens with zero attached hydrogens (tertiary/aromatic N) is 1. The lowest BCUT2D eigenvalue weighted by atomic mass is 9.95. The number of amides is 11. The first-order valence-electron chi connectivity index (χ1n) is 23.3. The van der Waals surface area contributed by atoms with E-state index < -0.39 is 152 Å². The number of primary amides is 3. The highest BCUT2D eigenvalue weighted by Crippen LogP contribution is 2.21. The molecule has 25 nitrogen and oxygen atoms in total. The molecule has 386 valence electrons. The number of nitrogens with two attached hydrogens (primary N) is 4. The summed E-state index contributed by atoms with van der Waals surface area (Å²) >= 11 is 0. The van der Waals surface area contributed by atoms with Crippen molar-refractivity contribution in [3.63, 3.8) is 0 Å². The summed E-state index contributed by atoms with van der Waals surface area (Å²) in [5, 5.41) is 30.7. The van der Waals surface area contributed by atoms with Crippen LogP contribution in [0.3, 0.4) is 0 Å². The largest absolute Gasteiger partial charge is 0.508 e. The zero-order valence-corrected chi connectivity index (χ0v) is 39.6. The van der Waals surface area contributed by atoms with Crippen LogP contribution in [-0.4, -0.2) is 143 Å². The summed E-state index contributed by atoms with van der Waals surface area (Å²) in [4.78, 5) is 147.